The Labute approximate surface area is 170 Å². The molecule has 7 heteroatoms. The molecule has 3 saturated heterocycles. The molecule has 4 heterocycles. The molecule has 1 aromatic carbocycles. The number of amides is 3. The van der Waals surface area contributed by atoms with Gasteiger partial charge in [-0.3, -0.25) is 24.6 Å². The molecule has 2 N–H and O–H groups in total. The summed E-state index contributed by atoms with van der Waals surface area (Å²) in [5, 5.41) is 5.93. The highest BCUT2D eigenvalue weighted by atomic mass is 16.2. The van der Waals surface area contributed by atoms with Crippen molar-refractivity contribution in [2.45, 2.75) is 51.2 Å². The highest BCUT2D eigenvalue weighted by Crippen LogP contribution is 2.38. The highest BCUT2D eigenvalue weighted by Gasteiger charge is 2.41. The molecule has 2 atom stereocenters. The van der Waals surface area contributed by atoms with E-state index in [1.807, 2.05) is 12.1 Å². The van der Waals surface area contributed by atoms with Gasteiger partial charge in [0.25, 0.3) is 5.91 Å². The van der Waals surface area contributed by atoms with E-state index in [0.29, 0.717) is 23.9 Å². The summed E-state index contributed by atoms with van der Waals surface area (Å²) in [5.41, 5.74) is 3.35. The number of carbonyl (C=O) groups excluding carboxylic acids is 3. The fraction of sp³-hybridized carbons (Fsp3) is 0.591. The van der Waals surface area contributed by atoms with Crippen LogP contribution in [0.3, 0.4) is 0 Å². The largest absolute Gasteiger partial charge is 0.322 e. The molecule has 1 aromatic rings. The van der Waals surface area contributed by atoms with Crippen molar-refractivity contribution >= 4 is 17.7 Å². The summed E-state index contributed by atoms with van der Waals surface area (Å²) < 4.78 is 0. The minimum absolute atomic E-state index is 0.0919. The molecule has 0 saturated carbocycles. The molecule has 3 fully saturated rings. The molecule has 3 amide bonds. The van der Waals surface area contributed by atoms with Gasteiger partial charge in [0.2, 0.25) is 11.8 Å². The van der Waals surface area contributed by atoms with Crippen LogP contribution in [0.2, 0.25) is 0 Å². The number of benzene rings is 1. The Bertz CT molecular complexity index is 862. The molecule has 4 aliphatic rings. The zero-order valence-corrected chi connectivity index (χ0v) is 16.7. The number of hydrogen-bond donors (Lipinski definition) is 2. The van der Waals surface area contributed by atoms with E-state index in [2.05, 4.69) is 21.6 Å². The van der Waals surface area contributed by atoms with E-state index in [1.165, 1.54) is 24.8 Å². The number of likely N-dealkylation sites (tertiary alicyclic amines) is 1. The van der Waals surface area contributed by atoms with Gasteiger partial charge in [-0.2, -0.15) is 0 Å². The average Bonchev–Trinajstić information content (AvgIpc) is 3.25. The molecule has 2 unspecified atom stereocenters. The van der Waals surface area contributed by atoms with Crippen molar-refractivity contribution in [3.05, 3.63) is 34.9 Å². The third-order valence-corrected chi connectivity index (χ3v) is 7.15. The molecule has 0 bridgehead atoms. The lowest BCUT2D eigenvalue weighted by atomic mass is 9.80. The van der Waals surface area contributed by atoms with Crippen LogP contribution in [0.25, 0.3) is 0 Å². The Balaban J connectivity index is 1.32. The van der Waals surface area contributed by atoms with Gasteiger partial charge >= 0.3 is 0 Å². The number of carbonyl (C=O) groups is 3. The first-order chi connectivity index (χ1) is 14.0. The second kappa shape index (κ2) is 7.22. The Morgan fingerprint density at radius 2 is 2.07 bits per heavy atom. The summed E-state index contributed by atoms with van der Waals surface area (Å²) in [6, 6.07) is 5.38. The van der Waals surface area contributed by atoms with Crippen molar-refractivity contribution in [3.8, 4) is 0 Å². The van der Waals surface area contributed by atoms with E-state index in [0.717, 1.165) is 38.3 Å². The molecule has 1 spiro atoms. The van der Waals surface area contributed by atoms with E-state index >= 15 is 0 Å². The highest BCUT2D eigenvalue weighted by molar-refractivity contribution is 6.05. The van der Waals surface area contributed by atoms with Crippen LogP contribution in [0.4, 0.5) is 0 Å². The number of imide groups is 1. The summed E-state index contributed by atoms with van der Waals surface area (Å²) in [5.74, 6) is -0.697. The first-order valence-corrected chi connectivity index (χ1v) is 10.7. The first kappa shape index (κ1) is 18.8. The number of nitrogens with zero attached hydrogens (tertiary/aromatic N) is 2. The van der Waals surface area contributed by atoms with Gasteiger partial charge in [0.15, 0.2) is 0 Å². The lowest BCUT2D eigenvalue weighted by molar-refractivity contribution is -0.136. The lowest BCUT2D eigenvalue weighted by Gasteiger charge is -2.34. The van der Waals surface area contributed by atoms with Crippen LogP contribution in [0.15, 0.2) is 18.2 Å². The molecule has 0 radical (unpaired) electrons. The monoisotopic (exact) mass is 396 g/mol. The van der Waals surface area contributed by atoms with Crippen molar-refractivity contribution in [1.82, 2.24) is 20.4 Å². The summed E-state index contributed by atoms with van der Waals surface area (Å²) >= 11 is 0. The zero-order valence-electron chi connectivity index (χ0n) is 16.7. The van der Waals surface area contributed by atoms with Gasteiger partial charge in [0, 0.05) is 38.2 Å². The van der Waals surface area contributed by atoms with Crippen LogP contribution in [0, 0.1) is 5.41 Å². The van der Waals surface area contributed by atoms with Crippen LogP contribution in [0.1, 0.15) is 53.6 Å². The SMILES string of the molecule is O=C1CCC(N2Cc3c(CN4CCC5(CCCNC5)C4)cccc3C2=O)C(=O)N1. The van der Waals surface area contributed by atoms with E-state index in [9.17, 15) is 14.4 Å². The topological polar surface area (TPSA) is 81.8 Å². The molecular weight excluding hydrogens is 368 g/mol. The van der Waals surface area contributed by atoms with E-state index in [1.54, 1.807) is 4.90 Å². The molecule has 7 nitrogen and oxygen atoms in total. The smallest absolute Gasteiger partial charge is 0.255 e. The van der Waals surface area contributed by atoms with Crippen LogP contribution >= 0.6 is 0 Å². The van der Waals surface area contributed by atoms with Gasteiger partial charge in [-0.15, -0.1) is 0 Å². The number of nitrogens with one attached hydrogen (secondary N) is 2. The maximum Gasteiger partial charge on any atom is 0.255 e. The van der Waals surface area contributed by atoms with Crippen molar-refractivity contribution in [2.75, 3.05) is 26.2 Å². The molecule has 5 rings (SSSR count). The van der Waals surface area contributed by atoms with Gasteiger partial charge in [-0.25, -0.2) is 0 Å². The quantitative estimate of drug-likeness (QED) is 0.746. The molecule has 0 aliphatic carbocycles. The standard InChI is InChI=1S/C22H28N4O3/c27-19-6-5-18(20(28)24-19)26-12-17-15(3-1-4-16(17)21(26)29)11-25-10-8-22(14-25)7-2-9-23-13-22/h1,3-4,18,23H,2,5-14H2,(H,24,27,28). The average molecular weight is 396 g/mol. The van der Waals surface area contributed by atoms with Crippen LogP contribution in [-0.2, 0) is 22.7 Å². The van der Waals surface area contributed by atoms with Crippen molar-refractivity contribution in [1.29, 1.82) is 0 Å². The minimum Gasteiger partial charge on any atom is -0.322 e. The zero-order chi connectivity index (χ0) is 20.0. The molecule has 0 aromatic heterocycles. The first-order valence-electron chi connectivity index (χ1n) is 10.7. The Hall–Kier alpha value is -2.25. The molecular formula is C22H28N4O3. The maximum absolute atomic E-state index is 13.0. The van der Waals surface area contributed by atoms with Crippen LogP contribution in [0.5, 0.6) is 0 Å². The Kier molecular flexibility index (Phi) is 4.67. The van der Waals surface area contributed by atoms with Gasteiger partial charge in [0.05, 0.1) is 0 Å². The number of piperidine rings is 2. The maximum atomic E-state index is 13.0. The summed E-state index contributed by atoms with van der Waals surface area (Å²) in [7, 11) is 0. The molecule has 29 heavy (non-hydrogen) atoms. The third kappa shape index (κ3) is 3.36. The molecule has 154 valence electrons. The Morgan fingerprint density at radius 3 is 2.86 bits per heavy atom. The van der Waals surface area contributed by atoms with Crippen molar-refractivity contribution < 1.29 is 14.4 Å². The summed E-state index contributed by atoms with van der Waals surface area (Å²) in [6.07, 6.45) is 4.47. The fourth-order valence-electron chi connectivity index (χ4n) is 5.58. The van der Waals surface area contributed by atoms with Gasteiger partial charge in [0.1, 0.15) is 6.04 Å². The van der Waals surface area contributed by atoms with E-state index in [4.69, 9.17) is 0 Å². The second-order valence-corrected chi connectivity index (χ2v) is 9.08. The summed E-state index contributed by atoms with van der Waals surface area (Å²) in [4.78, 5) is 40.9. The predicted octanol–water partition coefficient (Wildman–Crippen LogP) is 1.02. The van der Waals surface area contributed by atoms with Crippen LogP contribution in [-0.4, -0.2) is 59.7 Å². The predicted molar refractivity (Wildman–Crippen MR) is 107 cm³/mol. The summed E-state index contributed by atoms with van der Waals surface area (Å²) in [6.45, 7) is 5.74. The normalized spacial score (nSPS) is 30.1. The third-order valence-electron chi connectivity index (χ3n) is 7.15. The van der Waals surface area contributed by atoms with Gasteiger partial charge < -0.3 is 10.2 Å². The van der Waals surface area contributed by atoms with Crippen molar-refractivity contribution in [3.63, 3.8) is 0 Å². The fourth-order valence-corrected chi connectivity index (χ4v) is 5.58. The number of rotatable bonds is 3. The molecule has 4 aliphatic heterocycles. The minimum atomic E-state index is -0.552. The van der Waals surface area contributed by atoms with E-state index in [-0.39, 0.29) is 24.1 Å². The van der Waals surface area contributed by atoms with Gasteiger partial charge in [-0.05, 0) is 61.4 Å². The van der Waals surface area contributed by atoms with Crippen LogP contribution < -0.4 is 10.6 Å². The van der Waals surface area contributed by atoms with Gasteiger partial charge in [-0.1, -0.05) is 12.1 Å². The lowest BCUT2D eigenvalue weighted by Crippen LogP contribution is -2.52. The number of hydrogen-bond acceptors (Lipinski definition) is 5. The van der Waals surface area contributed by atoms with Crippen molar-refractivity contribution in [2.24, 2.45) is 5.41 Å². The Morgan fingerprint density at radius 1 is 1.17 bits per heavy atom. The second-order valence-electron chi connectivity index (χ2n) is 9.08. The van der Waals surface area contributed by atoms with E-state index < -0.39 is 6.04 Å². The number of fused-ring (bicyclic) bond motifs is 1.